The van der Waals surface area contributed by atoms with Gasteiger partial charge in [-0.05, 0) is 38.0 Å². The molecule has 4 nitrogen and oxygen atoms in total. The lowest BCUT2D eigenvalue weighted by Crippen LogP contribution is -2.28. The average molecular weight is 392 g/mol. The molecule has 130 valence electrons. The summed E-state index contributed by atoms with van der Waals surface area (Å²) in [6.07, 6.45) is 1.56. The number of rotatable bonds is 5. The summed E-state index contributed by atoms with van der Waals surface area (Å²) in [7, 11) is 0. The molecule has 0 saturated heterocycles. The predicted octanol–water partition coefficient (Wildman–Crippen LogP) is 4.93. The maximum atomic E-state index is 12.3. The summed E-state index contributed by atoms with van der Waals surface area (Å²) in [5.41, 5.74) is 2.10. The highest BCUT2D eigenvalue weighted by Gasteiger charge is 2.15. The summed E-state index contributed by atoms with van der Waals surface area (Å²) in [4.78, 5) is 23.2. The molecule has 0 aliphatic rings. The average Bonchev–Trinajstić information content (AvgIpc) is 2.88. The summed E-state index contributed by atoms with van der Waals surface area (Å²) in [5.74, 6) is 0.253. The predicted molar refractivity (Wildman–Crippen MR) is 106 cm³/mol. The normalized spacial score (nSPS) is 12.3. The second-order valence-electron chi connectivity index (χ2n) is 5.74. The number of thiophene rings is 1. The van der Waals surface area contributed by atoms with Crippen LogP contribution in [0.4, 0.5) is 0 Å². The largest absolute Gasteiger partial charge is 0.349 e. The van der Waals surface area contributed by atoms with Crippen molar-refractivity contribution in [1.82, 2.24) is 15.3 Å². The second kappa shape index (κ2) is 7.72. The molecule has 0 spiro atoms. The molecule has 3 aromatic rings. The monoisotopic (exact) mass is 391 g/mol. The molecule has 3 rings (SSSR count). The van der Waals surface area contributed by atoms with Crippen LogP contribution in [-0.4, -0.2) is 21.6 Å². The minimum Gasteiger partial charge on any atom is -0.349 e. The molecule has 0 unspecified atom stereocenters. The number of hydrogen-bond acceptors (Lipinski definition) is 5. The smallest absolute Gasteiger partial charge is 0.230 e. The van der Waals surface area contributed by atoms with Crippen LogP contribution >= 0.6 is 34.7 Å². The molecule has 7 heteroatoms. The van der Waals surface area contributed by atoms with E-state index in [1.165, 1.54) is 22.2 Å². The first-order valence-electron chi connectivity index (χ1n) is 7.84. The van der Waals surface area contributed by atoms with Crippen LogP contribution in [0.15, 0.2) is 35.6 Å². The van der Waals surface area contributed by atoms with E-state index in [4.69, 9.17) is 11.6 Å². The van der Waals surface area contributed by atoms with Crippen molar-refractivity contribution in [2.24, 2.45) is 0 Å². The third-order valence-electron chi connectivity index (χ3n) is 4.02. The van der Waals surface area contributed by atoms with Gasteiger partial charge in [0.05, 0.1) is 11.8 Å². The van der Waals surface area contributed by atoms with Crippen LogP contribution in [-0.2, 0) is 4.79 Å². The first-order valence-corrected chi connectivity index (χ1v) is 10.0. The molecule has 0 aliphatic heterocycles. The zero-order valence-corrected chi connectivity index (χ0v) is 16.6. The number of nitrogens with one attached hydrogen (secondary N) is 1. The molecule has 2 heterocycles. The zero-order valence-electron chi connectivity index (χ0n) is 14.2. The van der Waals surface area contributed by atoms with Crippen molar-refractivity contribution in [3.8, 4) is 0 Å². The Morgan fingerprint density at radius 3 is 2.84 bits per heavy atom. The van der Waals surface area contributed by atoms with Crippen LogP contribution in [0.1, 0.15) is 29.0 Å². The standard InChI is InChI=1S/C18H18ClN3OS2/c1-10-12(3)25-18-16(10)17(20-9-21-18)24-8-15(23)22-11(2)13-6-4-5-7-14(13)19/h4-7,9,11H,8H2,1-3H3,(H,22,23)/t11-/m1/s1. The summed E-state index contributed by atoms with van der Waals surface area (Å²) < 4.78 is 0. The molecule has 0 radical (unpaired) electrons. The van der Waals surface area contributed by atoms with Gasteiger partial charge in [0.25, 0.3) is 0 Å². The fourth-order valence-electron chi connectivity index (χ4n) is 2.58. The van der Waals surface area contributed by atoms with Crippen molar-refractivity contribution in [2.75, 3.05) is 5.75 Å². The Kier molecular flexibility index (Phi) is 5.61. The minimum atomic E-state index is -0.141. The Hall–Kier alpha value is -1.63. The highest BCUT2D eigenvalue weighted by Crippen LogP contribution is 2.34. The Morgan fingerprint density at radius 2 is 2.08 bits per heavy atom. The molecule has 0 aliphatic carbocycles. The van der Waals surface area contributed by atoms with E-state index in [1.807, 2.05) is 31.2 Å². The topological polar surface area (TPSA) is 54.9 Å². The van der Waals surface area contributed by atoms with Gasteiger partial charge in [-0.1, -0.05) is 41.6 Å². The molecule has 25 heavy (non-hydrogen) atoms. The van der Waals surface area contributed by atoms with Gasteiger partial charge < -0.3 is 5.32 Å². The van der Waals surface area contributed by atoms with E-state index < -0.39 is 0 Å². The molecule has 1 aromatic carbocycles. The minimum absolute atomic E-state index is 0.0474. The fraction of sp³-hybridized carbons (Fsp3) is 0.278. The van der Waals surface area contributed by atoms with E-state index >= 15 is 0 Å². The van der Waals surface area contributed by atoms with Crippen molar-refractivity contribution in [3.63, 3.8) is 0 Å². The van der Waals surface area contributed by atoms with Crippen LogP contribution in [0, 0.1) is 13.8 Å². The summed E-state index contributed by atoms with van der Waals surface area (Å²) in [5, 5.41) is 5.56. The van der Waals surface area contributed by atoms with Crippen LogP contribution in [0.3, 0.4) is 0 Å². The number of carbonyl (C=O) groups is 1. The summed E-state index contributed by atoms with van der Waals surface area (Å²) in [6.45, 7) is 6.08. The van der Waals surface area contributed by atoms with E-state index in [0.29, 0.717) is 10.8 Å². The number of halogens is 1. The highest BCUT2D eigenvalue weighted by atomic mass is 35.5. The number of amides is 1. The van der Waals surface area contributed by atoms with Gasteiger partial charge in [0.15, 0.2) is 0 Å². The van der Waals surface area contributed by atoms with Crippen molar-refractivity contribution >= 4 is 50.8 Å². The second-order valence-corrected chi connectivity index (χ2v) is 8.32. The van der Waals surface area contributed by atoms with Crippen LogP contribution in [0.2, 0.25) is 5.02 Å². The number of thioether (sulfide) groups is 1. The number of fused-ring (bicyclic) bond motifs is 1. The van der Waals surface area contributed by atoms with Crippen molar-refractivity contribution in [3.05, 3.63) is 51.6 Å². The van der Waals surface area contributed by atoms with Crippen LogP contribution in [0.25, 0.3) is 10.2 Å². The number of nitrogens with zero attached hydrogens (tertiary/aromatic N) is 2. The first kappa shape index (κ1) is 18.2. The van der Waals surface area contributed by atoms with E-state index in [-0.39, 0.29) is 11.9 Å². The number of aromatic nitrogens is 2. The van der Waals surface area contributed by atoms with Gasteiger partial charge in [-0.15, -0.1) is 11.3 Å². The van der Waals surface area contributed by atoms with Gasteiger partial charge in [0, 0.05) is 15.3 Å². The van der Waals surface area contributed by atoms with E-state index in [2.05, 4.69) is 29.1 Å². The fourth-order valence-corrected chi connectivity index (χ4v) is 4.81. The summed E-state index contributed by atoms with van der Waals surface area (Å²) in [6, 6.07) is 7.40. The Balaban J connectivity index is 1.68. The van der Waals surface area contributed by atoms with E-state index in [9.17, 15) is 4.79 Å². The van der Waals surface area contributed by atoms with Gasteiger partial charge in [-0.3, -0.25) is 4.79 Å². The van der Waals surface area contributed by atoms with Gasteiger partial charge >= 0.3 is 0 Å². The van der Waals surface area contributed by atoms with Gasteiger partial charge in [0.2, 0.25) is 5.91 Å². The lowest BCUT2D eigenvalue weighted by Gasteiger charge is -2.15. The maximum Gasteiger partial charge on any atom is 0.230 e. The molecular formula is C18H18ClN3OS2. The first-order chi connectivity index (χ1) is 12.0. The number of aryl methyl sites for hydroxylation is 2. The molecule has 1 N–H and O–H groups in total. The van der Waals surface area contributed by atoms with Gasteiger partial charge in [-0.2, -0.15) is 0 Å². The Bertz CT molecular complexity index is 926. The van der Waals surface area contributed by atoms with Crippen LogP contribution < -0.4 is 5.32 Å². The SMILES string of the molecule is Cc1sc2ncnc(SCC(=O)N[C@H](C)c3ccccc3Cl)c2c1C. The molecule has 2 aromatic heterocycles. The van der Waals surface area contributed by atoms with Gasteiger partial charge in [0.1, 0.15) is 16.2 Å². The molecule has 0 saturated carbocycles. The number of carbonyl (C=O) groups excluding carboxylic acids is 1. The number of hydrogen-bond donors (Lipinski definition) is 1. The van der Waals surface area contributed by atoms with Crippen LogP contribution in [0.5, 0.6) is 0 Å². The Morgan fingerprint density at radius 1 is 1.32 bits per heavy atom. The maximum absolute atomic E-state index is 12.3. The molecule has 0 bridgehead atoms. The quantitative estimate of drug-likeness (QED) is 0.494. The Labute approximate surface area is 160 Å². The van der Waals surface area contributed by atoms with Crippen molar-refractivity contribution in [1.29, 1.82) is 0 Å². The van der Waals surface area contributed by atoms with E-state index in [1.54, 1.807) is 17.7 Å². The highest BCUT2D eigenvalue weighted by molar-refractivity contribution is 8.00. The zero-order chi connectivity index (χ0) is 18.0. The lowest BCUT2D eigenvalue weighted by atomic mass is 10.1. The molecule has 1 atom stereocenters. The molecular weight excluding hydrogens is 374 g/mol. The van der Waals surface area contributed by atoms with Crippen molar-refractivity contribution < 1.29 is 4.79 Å². The lowest BCUT2D eigenvalue weighted by molar-refractivity contribution is -0.119. The summed E-state index contributed by atoms with van der Waals surface area (Å²) >= 11 is 9.28. The third-order valence-corrected chi connectivity index (χ3v) is 6.47. The van der Waals surface area contributed by atoms with Gasteiger partial charge in [-0.25, -0.2) is 9.97 Å². The molecule has 0 fully saturated rings. The van der Waals surface area contributed by atoms with Crippen molar-refractivity contribution in [2.45, 2.75) is 31.8 Å². The molecule has 1 amide bonds. The van der Waals surface area contributed by atoms with E-state index in [0.717, 1.165) is 20.8 Å². The third kappa shape index (κ3) is 3.97. The number of benzene rings is 1.